The minimum absolute atomic E-state index is 0.221. The summed E-state index contributed by atoms with van der Waals surface area (Å²) in [6.07, 6.45) is -1.66. The molecule has 24 heavy (non-hydrogen) atoms. The second-order valence-electron chi connectivity index (χ2n) is 6.94. The van der Waals surface area contributed by atoms with Gasteiger partial charge in [-0.15, -0.1) is 0 Å². The van der Waals surface area contributed by atoms with Gasteiger partial charge in [0, 0.05) is 5.41 Å². The highest BCUT2D eigenvalue weighted by molar-refractivity contribution is 5.89. The maximum Gasteiger partial charge on any atom is 0.340 e. The Bertz CT molecular complexity index is 676. The predicted octanol–water partition coefficient (Wildman–Crippen LogP) is 4.33. The largest absolute Gasteiger partial charge is 0.429 e. The Morgan fingerprint density at radius 3 is 2.08 bits per heavy atom. The molecule has 0 spiro atoms. The summed E-state index contributed by atoms with van der Waals surface area (Å²) in [5, 5.41) is 0. The van der Waals surface area contributed by atoms with Crippen LogP contribution in [0.4, 0.5) is 0 Å². The molecule has 2 aromatic carbocycles. The highest BCUT2D eigenvalue weighted by atomic mass is 16.8. The van der Waals surface area contributed by atoms with Crippen LogP contribution in [0.1, 0.15) is 42.8 Å². The quantitative estimate of drug-likeness (QED) is 0.788. The van der Waals surface area contributed by atoms with E-state index in [2.05, 4.69) is 0 Å². The van der Waals surface area contributed by atoms with Crippen molar-refractivity contribution < 1.29 is 19.0 Å². The Morgan fingerprint density at radius 1 is 0.917 bits per heavy atom. The molecule has 1 fully saturated rings. The van der Waals surface area contributed by atoms with Gasteiger partial charge >= 0.3 is 5.97 Å². The van der Waals surface area contributed by atoms with Crippen LogP contribution in [0.5, 0.6) is 0 Å². The molecule has 4 nitrogen and oxygen atoms in total. The number of esters is 1. The molecule has 1 aliphatic rings. The third-order valence-corrected chi connectivity index (χ3v) is 3.84. The first-order chi connectivity index (χ1) is 11.4. The van der Waals surface area contributed by atoms with Gasteiger partial charge in [0.15, 0.2) is 6.29 Å². The molecule has 1 aliphatic heterocycles. The maximum absolute atomic E-state index is 12.4. The van der Waals surface area contributed by atoms with Gasteiger partial charge in [-0.3, -0.25) is 0 Å². The van der Waals surface area contributed by atoms with Gasteiger partial charge in [-0.05, 0) is 17.7 Å². The molecule has 0 saturated carbocycles. The normalized spacial score (nSPS) is 23.9. The third kappa shape index (κ3) is 3.66. The fourth-order valence-electron chi connectivity index (χ4n) is 2.55. The monoisotopic (exact) mass is 326 g/mol. The molecule has 0 radical (unpaired) electrons. The minimum atomic E-state index is -0.774. The fourth-order valence-corrected chi connectivity index (χ4v) is 2.55. The third-order valence-electron chi connectivity index (χ3n) is 3.84. The summed E-state index contributed by atoms with van der Waals surface area (Å²) >= 11 is 0. The van der Waals surface area contributed by atoms with Gasteiger partial charge in [-0.1, -0.05) is 69.3 Å². The number of hydrogen-bond acceptors (Lipinski definition) is 4. The van der Waals surface area contributed by atoms with Crippen LogP contribution in [0.2, 0.25) is 0 Å². The van der Waals surface area contributed by atoms with Crippen LogP contribution in [0.15, 0.2) is 60.7 Å². The molecule has 0 bridgehead atoms. The van der Waals surface area contributed by atoms with E-state index in [1.54, 1.807) is 24.3 Å². The number of carbonyl (C=O) groups is 1. The molecule has 0 N–H and O–H groups in total. The summed E-state index contributed by atoms with van der Waals surface area (Å²) in [4.78, 5) is 12.4. The molecule has 0 aliphatic carbocycles. The van der Waals surface area contributed by atoms with Crippen LogP contribution in [0, 0.1) is 5.41 Å². The molecule has 2 aromatic rings. The first-order valence-corrected chi connectivity index (χ1v) is 8.07. The minimum Gasteiger partial charge on any atom is -0.429 e. The van der Waals surface area contributed by atoms with E-state index >= 15 is 0 Å². The molecular formula is C20H22O4. The molecule has 0 amide bonds. The summed E-state index contributed by atoms with van der Waals surface area (Å²) < 4.78 is 17.6. The summed E-state index contributed by atoms with van der Waals surface area (Å²) in [6, 6.07) is 18.6. The van der Waals surface area contributed by atoms with Crippen molar-refractivity contribution >= 4 is 5.97 Å². The summed E-state index contributed by atoms with van der Waals surface area (Å²) in [6.45, 7) is 6.09. The van der Waals surface area contributed by atoms with E-state index in [1.807, 2.05) is 57.2 Å². The number of benzene rings is 2. The Balaban J connectivity index is 1.81. The van der Waals surface area contributed by atoms with Gasteiger partial charge in [0.25, 0.3) is 0 Å². The lowest BCUT2D eigenvalue weighted by molar-refractivity contribution is -0.161. The molecule has 3 rings (SSSR count). The molecule has 4 heteroatoms. The molecular weight excluding hydrogens is 304 g/mol. The van der Waals surface area contributed by atoms with Crippen molar-refractivity contribution in [2.45, 2.75) is 39.5 Å². The van der Waals surface area contributed by atoms with Crippen LogP contribution in [-0.4, -0.2) is 18.5 Å². The zero-order valence-corrected chi connectivity index (χ0v) is 14.1. The van der Waals surface area contributed by atoms with Gasteiger partial charge < -0.3 is 14.2 Å². The van der Waals surface area contributed by atoms with E-state index in [1.165, 1.54) is 0 Å². The van der Waals surface area contributed by atoms with Crippen molar-refractivity contribution in [3.8, 4) is 0 Å². The smallest absolute Gasteiger partial charge is 0.340 e. The van der Waals surface area contributed by atoms with Crippen LogP contribution in [0.3, 0.4) is 0 Å². The van der Waals surface area contributed by atoms with Crippen molar-refractivity contribution in [2.75, 3.05) is 0 Å². The van der Waals surface area contributed by atoms with Crippen LogP contribution >= 0.6 is 0 Å². The van der Waals surface area contributed by atoms with Gasteiger partial charge in [-0.2, -0.15) is 0 Å². The fraction of sp³-hybridized carbons (Fsp3) is 0.350. The Hall–Kier alpha value is -2.17. The average molecular weight is 326 g/mol. The highest BCUT2D eigenvalue weighted by Crippen LogP contribution is 2.40. The molecule has 3 atom stereocenters. The molecule has 1 saturated heterocycles. The summed E-state index contributed by atoms with van der Waals surface area (Å²) in [7, 11) is 0. The Labute approximate surface area is 142 Å². The van der Waals surface area contributed by atoms with Crippen LogP contribution in [-0.2, 0) is 14.2 Å². The maximum atomic E-state index is 12.4. The van der Waals surface area contributed by atoms with E-state index < -0.39 is 24.7 Å². The topological polar surface area (TPSA) is 44.8 Å². The number of ether oxygens (including phenoxy) is 3. The first-order valence-electron chi connectivity index (χ1n) is 8.07. The van der Waals surface area contributed by atoms with Crippen molar-refractivity contribution in [2.24, 2.45) is 5.41 Å². The summed E-state index contributed by atoms with van der Waals surface area (Å²) in [5.74, 6) is -0.417. The number of carbonyl (C=O) groups excluding carboxylic acids is 1. The van der Waals surface area contributed by atoms with Crippen molar-refractivity contribution in [1.29, 1.82) is 0 Å². The van der Waals surface area contributed by atoms with Crippen molar-refractivity contribution in [1.82, 2.24) is 0 Å². The Kier molecular flexibility index (Phi) is 4.69. The van der Waals surface area contributed by atoms with E-state index in [9.17, 15) is 4.79 Å². The van der Waals surface area contributed by atoms with Gasteiger partial charge in [-0.25, -0.2) is 4.79 Å². The molecule has 0 aromatic heterocycles. The lowest BCUT2D eigenvalue weighted by atomic mass is 9.96. The lowest BCUT2D eigenvalue weighted by Gasteiger charge is -2.24. The zero-order chi connectivity index (χ0) is 17.2. The standard InChI is InChI=1S/C20H22O4/c1-20(2,3)19-22-16(14-10-6-4-7-11-14)18(24-19)23-17(21)15-12-8-5-9-13-15/h4-13,16,18-19H,1-3H3/t16-,18-,19-/m0/s1. The van der Waals surface area contributed by atoms with E-state index in [0.717, 1.165) is 5.56 Å². The predicted molar refractivity (Wildman–Crippen MR) is 90.2 cm³/mol. The molecule has 126 valence electrons. The van der Waals surface area contributed by atoms with Gasteiger partial charge in [0.2, 0.25) is 6.29 Å². The number of hydrogen-bond donors (Lipinski definition) is 0. The zero-order valence-electron chi connectivity index (χ0n) is 14.1. The van der Waals surface area contributed by atoms with Crippen molar-refractivity contribution in [3.63, 3.8) is 0 Å². The molecule has 1 heterocycles. The van der Waals surface area contributed by atoms with Gasteiger partial charge in [0.05, 0.1) is 5.56 Å². The summed E-state index contributed by atoms with van der Waals surface area (Å²) in [5.41, 5.74) is 1.20. The first kappa shape index (κ1) is 16.7. The van der Waals surface area contributed by atoms with E-state index in [4.69, 9.17) is 14.2 Å². The SMILES string of the molecule is CC(C)(C)[C@@H]1O[C@H](OC(=O)c2ccccc2)[C@H](c2ccccc2)O1. The highest BCUT2D eigenvalue weighted by Gasteiger charge is 2.44. The second-order valence-corrected chi connectivity index (χ2v) is 6.94. The van der Waals surface area contributed by atoms with E-state index in [0.29, 0.717) is 5.56 Å². The lowest BCUT2D eigenvalue weighted by Crippen LogP contribution is -2.28. The molecule has 0 unspecified atom stereocenters. The van der Waals surface area contributed by atoms with Gasteiger partial charge in [0.1, 0.15) is 6.10 Å². The second kappa shape index (κ2) is 6.75. The van der Waals surface area contributed by atoms with Crippen LogP contribution in [0.25, 0.3) is 0 Å². The van der Waals surface area contributed by atoms with Crippen molar-refractivity contribution in [3.05, 3.63) is 71.8 Å². The number of rotatable bonds is 3. The Morgan fingerprint density at radius 2 is 1.50 bits per heavy atom. The van der Waals surface area contributed by atoms with Crippen LogP contribution < -0.4 is 0 Å². The average Bonchev–Trinajstić information content (AvgIpc) is 3.00. The van der Waals surface area contributed by atoms with E-state index in [-0.39, 0.29) is 5.41 Å².